The second-order valence-corrected chi connectivity index (χ2v) is 5.99. The maximum absolute atomic E-state index is 8.81. The fourth-order valence-electron chi connectivity index (χ4n) is 2.61. The van der Waals surface area contributed by atoms with Crippen molar-refractivity contribution >= 4 is 0 Å². The number of ether oxygens (including phenoxy) is 2. The number of hydrogen-bond acceptors (Lipinski definition) is 4. The molecule has 0 atom stereocenters. The van der Waals surface area contributed by atoms with Gasteiger partial charge in [-0.05, 0) is 35.2 Å². The highest BCUT2D eigenvalue weighted by atomic mass is 16.5. The molecular formula is C22H23NO3. The van der Waals surface area contributed by atoms with Crippen LogP contribution >= 0.6 is 0 Å². The third-order valence-electron chi connectivity index (χ3n) is 4.01. The predicted octanol–water partition coefficient (Wildman–Crippen LogP) is 4.37. The van der Waals surface area contributed by atoms with Gasteiger partial charge in [0.1, 0.15) is 13.2 Å². The zero-order valence-corrected chi connectivity index (χ0v) is 14.6. The van der Waals surface area contributed by atoms with Crippen LogP contribution in [-0.4, -0.2) is 11.8 Å². The summed E-state index contributed by atoms with van der Waals surface area (Å²) in [6.07, 6.45) is 0.706. The first-order chi connectivity index (χ1) is 12.8. The van der Waals surface area contributed by atoms with Crippen LogP contribution in [0, 0.1) is 0 Å². The zero-order valence-electron chi connectivity index (χ0n) is 14.6. The summed E-state index contributed by atoms with van der Waals surface area (Å²) in [6.45, 7) is 1.45. The van der Waals surface area contributed by atoms with Crippen LogP contribution in [0.3, 0.4) is 0 Å². The lowest BCUT2D eigenvalue weighted by Crippen LogP contribution is -2.11. The van der Waals surface area contributed by atoms with Gasteiger partial charge in [0.05, 0.1) is 0 Å². The first kappa shape index (κ1) is 18.0. The molecule has 0 bridgehead atoms. The Morgan fingerprint density at radius 3 is 1.81 bits per heavy atom. The SMILES string of the molecule is ONCCc1ccc(OCc2ccccc2)c(OCc2ccccc2)c1. The lowest BCUT2D eigenvalue weighted by atomic mass is 10.1. The molecule has 4 nitrogen and oxygen atoms in total. The highest BCUT2D eigenvalue weighted by Gasteiger charge is 2.08. The second kappa shape index (κ2) is 9.61. The van der Waals surface area contributed by atoms with E-state index in [1.165, 1.54) is 0 Å². The van der Waals surface area contributed by atoms with Crippen molar-refractivity contribution in [3.05, 3.63) is 95.6 Å². The summed E-state index contributed by atoms with van der Waals surface area (Å²) in [4.78, 5) is 0. The van der Waals surface area contributed by atoms with Gasteiger partial charge in [-0.15, -0.1) is 0 Å². The summed E-state index contributed by atoms with van der Waals surface area (Å²) in [5.41, 5.74) is 5.46. The summed E-state index contributed by atoms with van der Waals surface area (Å²) in [5.74, 6) is 1.42. The molecule has 0 aromatic heterocycles. The maximum Gasteiger partial charge on any atom is 0.161 e. The molecule has 134 valence electrons. The lowest BCUT2D eigenvalue weighted by Gasteiger charge is -2.14. The van der Waals surface area contributed by atoms with Crippen molar-refractivity contribution in [1.29, 1.82) is 0 Å². The van der Waals surface area contributed by atoms with Gasteiger partial charge in [0.15, 0.2) is 11.5 Å². The minimum Gasteiger partial charge on any atom is -0.485 e. The molecule has 3 rings (SSSR count). The van der Waals surface area contributed by atoms with E-state index >= 15 is 0 Å². The highest BCUT2D eigenvalue weighted by Crippen LogP contribution is 2.30. The van der Waals surface area contributed by atoms with Gasteiger partial charge in [0.2, 0.25) is 0 Å². The lowest BCUT2D eigenvalue weighted by molar-refractivity contribution is 0.168. The summed E-state index contributed by atoms with van der Waals surface area (Å²) in [6, 6.07) is 26.0. The van der Waals surface area contributed by atoms with Crippen molar-refractivity contribution in [2.75, 3.05) is 6.54 Å². The van der Waals surface area contributed by atoms with Gasteiger partial charge in [-0.2, -0.15) is 0 Å². The Morgan fingerprint density at radius 2 is 1.23 bits per heavy atom. The van der Waals surface area contributed by atoms with E-state index in [-0.39, 0.29) is 0 Å². The fourth-order valence-corrected chi connectivity index (χ4v) is 2.61. The molecule has 0 aliphatic carbocycles. The van der Waals surface area contributed by atoms with Crippen LogP contribution in [0.5, 0.6) is 11.5 Å². The van der Waals surface area contributed by atoms with Crippen molar-refractivity contribution in [2.45, 2.75) is 19.6 Å². The molecule has 3 aromatic rings. The molecular weight excluding hydrogens is 326 g/mol. The summed E-state index contributed by atoms with van der Waals surface area (Å²) < 4.78 is 12.0. The van der Waals surface area contributed by atoms with E-state index in [0.29, 0.717) is 37.7 Å². The molecule has 0 radical (unpaired) electrons. The molecule has 3 aromatic carbocycles. The Hall–Kier alpha value is -2.82. The fraction of sp³-hybridized carbons (Fsp3) is 0.182. The predicted molar refractivity (Wildman–Crippen MR) is 101 cm³/mol. The number of benzene rings is 3. The topological polar surface area (TPSA) is 50.7 Å². The molecule has 26 heavy (non-hydrogen) atoms. The molecule has 0 aliphatic rings. The summed E-state index contributed by atoms with van der Waals surface area (Å²) in [7, 11) is 0. The van der Waals surface area contributed by atoms with E-state index < -0.39 is 0 Å². The van der Waals surface area contributed by atoms with E-state index in [2.05, 4.69) is 5.48 Å². The van der Waals surface area contributed by atoms with Gasteiger partial charge in [-0.1, -0.05) is 66.7 Å². The van der Waals surface area contributed by atoms with Crippen molar-refractivity contribution in [3.8, 4) is 11.5 Å². The van der Waals surface area contributed by atoms with Crippen LogP contribution in [0.1, 0.15) is 16.7 Å². The molecule has 0 aliphatic heterocycles. The van der Waals surface area contributed by atoms with Crippen molar-refractivity contribution < 1.29 is 14.7 Å². The van der Waals surface area contributed by atoms with E-state index in [1.807, 2.05) is 78.9 Å². The van der Waals surface area contributed by atoms with Gasteiger partial charge in [-0.3, -0.25) is 0 Å². The molecule has 0 spiro atoms. The van der Waals surface area contributed by atoms with Crippen LogP contribution in [0.25, 0.3) is 0 Å². The first-order valence-corrected chi connectivity index (χ1v) is 8.68. The Kier molecular flexibility index (Phi) is 6.65. The van der Waals surface area contributed by atoms with Crippen molar-refractivity contribution in [2.24, 2.45) is 0 Å². The Balaban J connectivity index is 1.73. The minimum absolute atomic E-state index is 0.476. The quantitative estimate of drug-likeness (QED) is 0.563. The van der Waals surface area contributed by atoms with Crippen molar-refractivity contribution in [3.63, 3.8) is 0 Å². The minimum atomic E-state index is 0.476. The molecule has 0 saturated carbocycles. The Morgan fingerprint density at radius 1 is 0.654 bits per heavy atom. The van der Waals surface area contributed by atoms with E-state index in [4.69, 9.17) is 14.7 Å². The van der Waals surface area contributed by atoms with Crippen LogP contribution in [0.15, 0.2) is 78.9 Å². The second-order valence-electron chi connectivity index (χ2n) is 5.99. The maximum atomic E-state index is 8.81. The molecule has 0 heterocycles. The van der Waals surface area contributed by atoms with E-state index in [1.54, 1.807) is 0 Å². The molecule has 0 fully saturated rings. The number of rotatable bonds is 9. The Bertz CT molecular complexity index is 791. The smallest absolute Gasteiger partial charge is 0.161 e. The summed E-state index contributed by atoms with van der Waals surface area (Å²) in [5, 5.41) is 8.81. The van der Waals surface area contributed by atoms with Crippen LogP contribution in [0.2, 0.25) is 0 Å². The van der Waals surface area contributed by atoms with Gasteiger partial charge >= 0.3 is 0 Å². The van der Waals surface area contributed by atoms with Gasteiger partial charge in [0, 0.05) is 6.54 Å². The molecule has 2 N–H and O–H groups in total. The Labute approximate surface area is 154 Å². The van der Waals surface area contributed by atoms with Gasteiger partial charge in [-0.25, -0.2) is 5.48 Å². The normalized spacial score (nSPS) is 10.5. The largest absolute Gasteiger partial charge is 0.485 e. The van der Waals surface area contributed by atoms with Crippen LogP contribution < -0.4 is 15.0 Å². The van der Waals surface area contributed by atoms with Gasteiger partial charge < -0.3 is 14.7 Å². The third kappa shape index (κ3) is 5.34. The molecule has 0 unspecified atom stereocenters. The average Bonchev–Trinajstić information content (AvgIpc) is 2.71. The van der Waals surface area contributed by atoms with Crippen LogP contribution in [0.4, 0.5) is 0 Å². The van der Waals surface area contributed by atoms with E-state index in [0.717, 1.165) is 16.7 Å². The van der Waals surface area contributed by atoms with E-state index in [9.17, 15) is 0 Å². The third-order valence-corrected chi connectivity index (χ3v) is 4.01. The molecule has 0 amide bonds. The summed E-state index contributed by atoms with van der Waals surface area (Å²) >= 11 is 0. The standard InChI is InChI=1S/C22H23NO3/c24-23-14-13-18-11-12-21(25-16-19-7-3-1-4-8-19)22(15-18)26-17-20-9-5-2-6-10-20/h1-12,15,23-24H,13-14,16-17H2. The number of hydroxylamine groups is 1. The highest BCUT2D eigenvalue weighted by molar-refractivity contribution is 5.43. The zero-order chi connectivity index (χ0) is 18.0. The first-order valence-electron chi connectivity index (χ1n) is 8.68. The van der Waals surface area contributed by atoms with Gasteiger partial charge in [0.25, 0.3) is 0 Å². The van der Waals surface area contributed by atoms with Crippen LogP contribution in [-0.2, 0) is 19.6 Å². The molecule has 4 heteroatoms. The van der Waals surface area contributed by atoms with Crippen molar-refractivity contribution in [1.82, 2.24) is 5.48 Å². The monoisotopic (exact) mass is 349 g/mol. The number of nitrogens with one attached hydrogen (secondary N) is 1. The number of hydrogen-bond donors (Lipinski definition) is 2. The molecule has 0 saturated heterocycles. The average molecular weight is 349 g/mol.